The molecule has 1 aliphatic rings. The van der Waals surface area contributed by atoms with Crippen molar-refractivity contribution in [3.63, 3.8) is 0 Å². The lowest BCUT2D eigenvalue weighted by atomic mass is 10.2. The number of halogens is 1. The van der Waals surface area contributed by atoms with Gasteiger partial charge >= 0.3 is 11.9 Å². The molecule has 2 aromatic rings. The molecule has 0 atom stereocenters. The molecule has 0 unspecified atom stereocenters. The fraction of sp³-hybridized carbons (Fsp3) is 0.280. The topological polar surface area (TPSA) is 115 Å². The smallest absolute Gasteiger partial charge is 0.344 e. The van der Waals surface area contributed by atoms with Crippen molar-refractivity contribution in [1.29, 1.82) is 0 Å². The third-order valence-corrected chi connectivity index (χ3v) is 6.62. The number of thioether (sulfide) groups is 1. The predicted molar refractivity (Wildman–Crippen MR) is 146 cm³/mol. The molecule has 11 heteroatoms. The molecule has 0 spiro atoms. The minimum atomic E-state index is -1.02. The number of aromatic carboxylic acids is 1. The van der Waals surface area contributed by atoms with E-state index in [-0.39, 0.29) is 24.7 Å². The molecule has 190 valence electrons. The minimum Gasteiger partial charge on any atom is -0.490 e. The largest absolute Gasteiger partial charge is 0.490 e. The number of carbonyl (C=O) groups excluding carboxylic acids is 2. The van der Waals surface area contributed by atoms with E-state index in [1.807, 2.05) is 19.9 Å². The molecule has 1 heterocycles. The molecule has 0 aliphatic carbocycles. The molecule has 3 rings (SSSR count). The number of nitrogens with zero attached hydrogens (tertiary/aromatic N) is 2. The molecule has 0 saturated carbocycles. The summed E-state index contributed by atoms with van der Waals surface area (Å²) in [5.41, 5.74) is 1.44. The van der Waals surface area contributed by atoms with Crippen LogP contribution in [0.25, 0.3) is 6.08 Å². The molecule has 36 heavy (non-hydrogen) atoms. The van der Waals surface area contributed by atoms with Crippen molar-refractivity contribution in [3.8, 4) is 11.5 Å². The van der Waals surface area contributed by atoms with Gasteiger partial charge < -0.3 is 19.3 Å². The summed E-state index contributed by atoms with van der Waals surface area (Å²) < 4.78 is 17.0. The second-order valence-corrected chi connectivity index (χ2v) is 9.43. The van der Waals surface area contributed by atoms with Crippen LogP contribution in [0.5, 0.6) is 11.5 Å². The van der Waals surface area contributed by atoms with Crippen molar-refractivity contribution < 1.29 is 33.7 Å². The highest BCUT2D eigenvalue weighted by atomic mass is 127. The van der Waals surface area contributed by atoms with Crippen LogP contribution in [0.4, 0.5) is 5.69 Å². The van der Waals surface area contributed by atoms with Gasteiger partial charge in [0.1, 0.15) is 0 Å². The fourth-order valence-corrected chi connectivity index (χ4v) is 5.06. The number of amidine groups is 1. The van der Waals surface area contributed by atoms with Gasteiger partial charge in [-0.05, 0) is 103 Å². The number of hydrogen-bond donors (Lipinski definition) is 1. The number of esters is 1. The van der Waals surface area contributed by atoms with Crippen molar-refractivity contribution in [2.45, 2.75) is 20.8 Å². The average Bonchev–Trinajstić information content (AvgIpc) is 3.12. The summed E-state index contributed by atoms with van der Waals surface area (Å²) in [4.78, 5) is 42.4. The van der Waals surface area contributed by atoms with E-state index in [1.165, 1.54) is 23.9 Å². The zero-order valence-electron chi connectivity index (χ0n) is 19.9. The van der Waals surface area contributed by atoms with Crippen molar-refractivity contribution in [3.05, 3.63) is 56.0 Å². The molecule has 1 aliphatic heterocycles. The second kappa shape index (κ2) is 12.8. The van der Waals surface area contributed by atoms with Gasteiger partial charge in [0.2, 0.25) is 0 Å². The molecular weight excluding hydrogens is 599 g/mol. The van der Waals surface area contributed by atoms with E-state index in [4.69, 9.17) is 19.3 Å². The number of carbonyl (C=O) groups is 3. The van der Waals surface area contributed by atoms with Gasteiger partial charge in [0.15, 0.2) is 23.3 Å². The Morgan fingerprint density at radius 3 is 2.44 bits per heavy atom. The quantitative estimate of drug-likeness (QED) is 0.224. The van der Waals surface area contributed by atoms with E-state index in [2.05, 4.69) is 27.6 Å². The predicted octanol–water partition coefficient (Wildman–Crippen LogP) is 4.95. The first-order valence-corrected chi connectivity index (χ1v) is 13.0. The summed E-state index contributed by atoms with van der Waals surface area (Å²) in [7, 11) is 0. The molecule has 1 N–H and O–H groups in total. The highest BCUT2D eigenvalue weighted by Crippen LogP contribution is 2.38. The molecule has 9 nitrogen and oxygen atoms in total. The number of carboxylic acids is 1. The first kappa shape index (κ1) is 27.5. The van der Waals surface area contributed by atoms with E-state index in [9.17, 15) is 14.4 Å². The van der Waals surface area contributed by atoms with Crippen LogP contribution in [0.1, 0.15) is 36.7 Å². The Morgan fingerprint density at radius 2 is 1.83 bits per heavy atom. The molecule has 0 radical (unpaired) electrons. The maximum Gasteiger partial charge on any atom is 0.344 e. The molecule has 0 bridgehead atoms. The summed E-state index contributed by atoms with van der Waals surface area (Å²) in [5, 5.41) is 9.58. The number of likely N-dealkylation sites (N-methyl/N-ethyl adjacent to an activating group) is 1. The van der Waals surface area contributed by atoms with Crippen LogP contribution in [0, 0.1) is 3.57 Å². The molecule has 1 saturated heterocycles. The van der Waals surface area contributed by atoms with Crippen molar-refractivity contribution in [2.24, 2.45) is 4.99 Å². The zero-order valence-corrected chi connectivity index (χ0v) is 22.9. The van der Waals surface area contributed by atoms with Crippen LogP contribution in [0.2, 0.25) is 0 Å². The lowest BCUT2D eigenvalue weighted by Crippen LogP contribution is -2.28. The highest BCUT2D eigenvalue weighted by Gasteiger charge is 2.32. The van der Waals surface area contributed by atoms with E-state index >= 15 is 0 Å². The fourth-order valence-electron chi connectivity index (χ4n) is 3.22. The lowest BCUT2D eigenvalue weighted by molar-refractivity contribution is -0.145. The van der Waals surface area contributed by atoms with Gasteiger partial charge in [0.25, 0.3) is 5.91 Å². The Labute approximate surface area is 226 Å². The summed E-state index contributed by atoms with van der Waals surface area (Å²) in [6.07, 6.45) is 1.76. The van der Waals surface area contributed by atoms with Gasteiger partial charge in [-0.2, -0.15) is 0 Å². The van der Waals surface area contributed by atoms with Crippen molar-refractivity contribution >= 4 is 69.1 Å². The van der Waals surface area contributed by atoms with Crippen molar-refractivity contribution in [1.82, 2.24) is 4.90 Å². The number of benzene rings is 2. The van der Waals surface area contributed by atoms with Gasteiger partial charge in [-0.25, -0.2) is 14.6 Å². The summed E-state index contributed by atoms with van der Waals surface area (Å²) in [5.74, 6) is -0.785. The minimum absolute atomic E-state index is 0.163. The number of amides is 1. The molecule has 0 aromatic heterocycles. The molecule has 2 aromatic carbocycles. The third-order valence-electron chi connectivity index (χ3n) is 4.81. The average molecular weight is 624 g/mol. The van der Waals surface area contributed by atoms with Crippen LogP contribution in [-0.2, 0) is 14.3 Å². The third kappa shape index (κ3) is 6.78. The van der Waals surface area contributed by atoms with Gasteiger partial charge in [0, 0.05) is 6.54 Å². The molecule has 1 fully saturated rings. The Bertz CT molecular complexity index is 1210. The van der Waals surface area contributed by atoms with E-state index in [0.717, 1.165) is 5.56 Å². The molecular formula is C25H25IN2O7S. The Hall–Kier alpha value is -3.06. The van der Waals surface area contributed by atoms with E-state index in [0.29, 0.717) is 44.0 Å². The second-order valence-electron chi connectivity index (χ2n) is 7.26. The summed E-state index contributed by atoms with van der Waals surface area (Å²) in [6, 6.07) is 9.73. The maximum absolute atomic E-state index is 13.1. The van der Waals surface area contributed by atoms with Crippen LogP contribution >= 0.6 is 34.4 Å². The normalized spacial score (nSPS) is 15.4. The SMILES string of the molecule is CCOC(=O)COc1c(I)cc(/C=C2/SC(=Nc3ccc(C(=O)O)cc3)N(CC)C2=O)cc1OCC. The van der Waals surface area contributed by atoms with Gasteiger partial charge in [-0.3, -0.25) is 9.69 Å². The van der Waals surface area contributed by atoms with Crippen LogP contribution in [0.3, 0.4) is 0 Å². The molecule has 1 amide bonds. The number of carboxylic acid groups (broad SMARTS) is 1. The zero-order chi connectivity index (χ0) is 26.2. The number of rotatable bonds is 10. The van der Waals surface area contributed by atoms with Gasteiger partial charge in [-0.15, -0.1) is 0 Å². The maximum atomic E-state index is 13.1. The number of ether oxygens (including phenoxy) is 3. The first-order valence-electron chi connectivity index (χ1n) is 11.2. The summed E-state index contributed by atoms with van der Waals surface area (Å²) >= 11 is 3.33. The van der Waals surface area contributed by atoms with E-state index < -0.39 is 11.9 Å². The monoisotopic (exact) mass is 624 g/mol. The lowest BCUT2D eigenvalue weighted by Gasteiger charge is -2.14. The summed E-state index contributed by atoms with van der Waals surface area (Å²) in [6.45, 7) is 6.27. The van der Waals surface area contributed by atoms with Crippen molar-refractivity contribution in [2.75, 3.05) is 26.4 Å². The first-order chi connectivity index (χ1) is 17.3. The Balaban J connectivity index is 1.89. The van der Waals surface area contributed by atoms with Crippen LogP contribution in [0.15, 0.2) is 46.3 Å². The van der Waals surface area contributed by atoms with Crippen LogP contribution in [-0.4, -0.2) is 59.4 Å². The van der Waals surface area contributed by atoms with Gasteiger partial charge in [0.05, 0.1) is 32.9 Å². The van der Waals surface area contributed by atoms with Crippen LogP contribution < -0.4 is 9.47 Å². The Kier molecular flexibility index (Phi) is 9.76. The Morgan fingerprint density at radius 1 is 1.11 bits per heavy atom. The van der Waals surface area contributed by atoms with E-state index in [1.54, 1.807) is 36.1 Å². The number of aliphatic imine (C=N–C) groups is 1. The highest BCUT2D eigenvalue weighted by molar-refractivity contribution is 14.1. The standard InChI is InChI=1S/C25H25IN2O7S/c1-4-28-23(30)20(36-25(28)27-17-9-7-16(8-10-17)24(31)32)13-15-11-18(26)22(19(12-15)33-5-2)35-14-21(29)34-6-3/h7-13H,4-6,14H2,1-3H3,(H,31,32)/b20-13+,27-25?. The van der Waals surface area contributed by atoms with Gasteiger partial charge in [-0.1, -0.05) is 0 Å². The number of hydrogen-bond acceptors (Lipinski definition) is 8.